The SMILES string of the molecule is C=CS(=O)(=O)C(N)c1ccc(C(=O)NC(CCC(=O)OC(C)(C)C)C(=O)OC(C)(C)C)cc1. The van der Waals surface area contributed by atoms with E-state index >= 15 is 0 Å². The second-order valence-corrected chi connectivity index (χ2v) is 11.5. The quantitative estimate of drug-likeness (QED) is 0.512. The summed E-state index contributed by atoms with van der Waals surface area (Å²) >= 11 is 0. The number of nitrogens with two attached hydrogens (primary N) is 1. The van der Waals surface area contributed by atoms with Crippen LogP contribution in [0.5, 0.6) is 0 Å². The van der Waals surface area contributed by atoms with Crippen molar-refractivity contribution in [2.24, 2.45) is 5.73 Å². The first-order chi connectivity index (χ1) is 14.9. The van der Waals surface area contributed by atoms with Crippen molar-refractivity contribution in [3.63, 3.8) is 0 Å². The van der Waals surface area contributed by atoms with Crippen LogP contribution in [0.1, 0.15) is 75.7 Å². The highest BCUT2D eigenvalue weighted by molar-refractivity contribution is 7.94. The largest absolute Gasteiger partial charge is 0.460 e. The van der Waals surface area contributed by atoms with Gasteiger partial charge in [-0.15, -0.1) is 0 Å². The molecule has 1 aromatic carbocycles. The lowest BCUT2D eigenvalue weighted by molar-refractivity contribution is -0.158. The number of ether oxygens (including phenoxy) is 2. The first-order valence-corrected chi connectivity index (χ1v) is 12.0. The van der Waals surface area contributed by atoms with Gasteiger partial charge >= 0.3 is 11.9 Å². The van der Waals surface area contributed by atoms with Crippen LogP contribution in [-0.2, 0) is 28.9 Å². The highest BCUT2D eigenvalue weighted by atomic mass is 32.2. The molecule has 0 saturated heterocycles. The van der Waals surface area contributed by atoms with Crippen molar-refractivity contribution in [3.05, 3.63) is 47.4 Å². The van der Waals surface area contributed by atoms with E-state index in [1.807, 2.05) is 0 Å². The van der Waals surface area contributed by atoms with Crippen LogP contribution in [0.3, 0.4) is 0 Å². The van der Waals surface area contributed by atoms with Crippen molar-refractivity contribution in [3.8, 4) is 0 Å². The molecule has 0 radical (unpaired) electrons. The van der Waals surface area contributed by atoms with Crippen LogP contribution in [0.25, 0.3) is 0 Å². The summed E-state index contributed by atoms with van der Waals surface area (Å²) in [6.07, 6.45) is -0.120. The summed E-state index contributed by atoms with van der Waals surface area (Å²) in [6.45, 7) is 13.5. The zero-order valence-corrected chi connectivity index (χ0v) is 20.8. The summed E-state index contributed by atoms with van der Waals surface area (Å²) in [5, 5.41) is 2.04. The number of nitrogens with one attached hydrogen (secondary N) is 1. The van der Waals surface area contributed by atoms with E-state index in [4.69, 9.17) is 15.2 Å². The molecule has 2 unspecified atom stereocenters. The molecule has 33 heavy (non-hydrogen) atoms. The minimum Gasteiger partial charge on any atom is -0.460 e. The Balaban J connectivity index is 2.99. The van der Waals surface area contributed by atoms with Crippen LogP contribution in [0, 0.1) is 0 Å². The van der Waals surface area contributed by atoms with Crippen molar-refractivity contribution >= 4 is 27.7 Å². The standard InChI is InChI=1S/C23H34N2O7S/c1-8-33(29,30)19(24)15-9-11-16(12-10-15)20(27)25-17(21(28)32-23(5,6)7)13-14-18(26)31-22(2,3)4/h8-12,17,19H,1,13-14,24H2,2-7H3,(H,25,27). The van der Waals surface area contributed by atoms with E-state index in [0.29, 0.717) is 0 Å². The normalized spacial score (nSPS) is 14.0. The Morgan fingerprint density at radius 1 is 1.03 bits per heavy atom. The van der Waals surface area contributed by atoms with E-state index in [9.17, 15) is 22.8 Å². The second kappa shape index (κ2) is 10.9. The Hall–Kier alpha value is -2.72. The summed E-state index contributed by atoms with van der Waals surface area (Å²) < 4.78 is 34.3. The van der Waals surface area contributed by atoms with Crippen LogP contribution in [-0.4, -0.2) is 43.5 Å². The third-order valence-corrected chi connectivity index (χ3v) is 5.59. The number of hydrogen-bond donors (Lipinski definition) is 2. The number of benzene rings is 1. The molecule has 1 rings (SSSR count). The topological polar surface area (TPSA) is 142 Å². The molecule has 1 amide bonds. The lowest BCUT2D eigenvalue weighted by atomic mass is 10.1. The number of rotatable bonds is 9. The fraction of sp³-hybridized carbons (Fsp3) is 0.522. The molecule has 0 bridgehead atoms. The number of carbonyl (C=O) groups excluding carboxylic acids is 3. The van der Waals surface area contributed by atoms with Crippen molar-refractivity contribution in [1.29, 1.82) is 0 Å². The van der Waals surface area contributed by atoms with E-state index in [2.05, 4.69) is 11.9 Å². The molecule has 184 valence electrons. The molecule has 10 heteroatoms. The predicted molar refractivity (Wildman–Crippen MR) is 125 cm³/mol. The van der Waals surface area contributed by atoms with Gasteiger partial charge in [-0.25, -0.2) is 13.2 Å². The fourth-order valence-electron chi connectivity index (χ4n) is 2.64. The highest BCUT2D eigenvalue weighted by Gasteiger charge is 2.29. The molecule has 0 spiro atoms. The molecular weight excluding hydrogens is 448 g/mol. The Morgan fingerprint density at radius 3 is 2.00 bits per heavy atom. The molecule has 0 aromatic heterocycles. The van der Waals surface area contributed by atoms with Crippen molar-refractivity contribution in [1.82, 2.24) is 5.32 Å². The van der Waals surface area contributed by atoms with Gasteiger partial charge in [0, 0.05) is 17.4 Å². The predicted octanol–water partition coefficient (Wildman–Crippen LogP) is 2.76. The molecule has 0 aliphatic rings. The van der Waals surface area contributed by atoms with E-state index < -0.39 is 50.3 Å². The van der Waals surface area contributed by atoms with Gasteiger partial charge in [-0.2, -0.15) is 0 Å². The van der Waals surface area contributed by atoms with Crippen molar-refractivity contribution in [2.75, 3.05) is 0 Å². The molecule has 0 aliphatic carbocycles. The fourth-order valence-corrected chi connectivity index (χ4v) is 3.38. The second-order valence-electron chi connectivity index (χ2n) is 9.48. The number of carbonyl (C=O) groups is 3. The van der Waals surface area contributed by atoms with Crippen LogP contribution in [0.15, 0.2) is 36.3 Å². The monoisotopic (exact) mass is 482 g/mol. The van der Waals surface area contributed by atoms with Crippen LogP contribution in [0.4, 0.5) is 0 Å². The van der Waals surface area contributed by atoms with Gasteiger partial charge in [-0.05, 0) is 65.7 Å². The summed E-state index contributed by atoms with van der Waals surface area (Å²) in [5.74, 6) is -1.79. The zero-order chi connectivity index (χ0) is 25.6. The van der Waals surface area contributed by atoms with Gasteiger partial charge in [0.2, 0.25) is 0 Å². The number of esters is 2. The summed E-state index contributed by atoms with van der Waals surface area (Å²) in [4.78, 5) is 37.4. The highest BCUT2D eigenvalue weighted by Crippen LogP contribution is 2.19. The molecule has 9 nitrogen and oxygen atoms in total. The third kappa shape index (κ3) is 9.75. The lowest BCUT2D eigenvalue weighted by Gasteiger charge is -2.25. The smallest absolute Gasteiger partial charge is 0.329 e. The lowest BCUT2D eigenvalue weighted by Crippen LogP contribution is -2.44. The molecule has 1 aromatic rings. The molecule has 2 atom stereocenters. The van der Waals surface area contributed by atoms with Crippen molar-refractivity contribution < 1.29 is 32.3 Å². The molecule has 0 heterocycles. The Labute approximate surface area is 195 Å². The van der Waals surface area contributed by atoms with Crippen molar-refractivity contribution in [2.45, 2.75) is 77.0 Å². The maximum atomic E-state index is 12.7. The first kappa shape index (κ1) is 28.3. The molecule has 3 N–H and O–H groups in total. The summed E-state index contributed by atoms with van der Waals surface area (Å²) in [5.41, 5.74) is 4.72. The van der Waals surface area contributed by atoms with Gasteiger partial charge in [0.05, 0.1) is 0 Å². The van der Waals surface area contributed by atoms with Gasteiger partial charge in [0.1, 0.15) is 22.6 Å². The third-order valence-electron chi connectivity index (χ3n) is 4.14. The average molecular weight is 483 g/mol. The Morgan fingerprint density at radius 2 is 1.55 bits per heavy atom. The number of hydrogen-bond acceptors (Lipinski definition) is 8. The minimum absolute atomic E-state index is 0.0178. The van der Waals surface area contributed by atoms with Crippen LogP contribution >= 0.6 is 0 Å². The number of amides is 1. The van der Waals surface area contributed by atoms with Crippen LogP contribution in [0.2, 0.25) is 0 Å². The van der Waals surface area contributed by atoms with Gasteiger partial charge < -0.3 is 20.5 Å². The van der Waals surface area contributed by atoms with E-state index in [0.717, 1.165) is 5.41 Å². The van der Waals surface area contributed by atoms with Crippen LogP contribution < -0.4 is 11.1 Å². The minimum atomic E-state index is -3.72. The van der Waals surface area contributed by atoms with E-state index in [-0.39, 0.29) is 24.0 Å². The Bertz CT molecular complexity index is 972. The molecular formula is C23H34N2O7S. The van der Waals surface area contributed by atoms with Gasteiger partial charge in [-0.3, -0.25) is 9.59 Å². The number of sulfone groups is 1. The summed E-state index contributed by atoms with van der Waals surface area (Å²) in [7, 11) is -3.72. The zero-order valence-electron chi connectivity index (χ0n) is 20.0. The molecule has 0 saturated carbocycles. The van der Waals surface area contributed by atoms with E-state index in [1.54, 1.807) is 41.5 Å². The maximum absolute atomic E-state index is 12.7. The molecule has 0 fully saturated rings. The first-order valence-electron chi connectivity index (χ1n) is 10.4. The Kier molecular flexibility index (Phi) is 9.38. The van der Waals surface area contributed by atoms with Gasteiger partial charge in [0.25, 0.3) is 5.91 Å². The van der Waals surface area contributed by atoms with E-state index in [1.165, 1.54) is 24.3 Å². The maximum Gasteiger partial charge on any atom is 0.329 e. The van der Waals surface area contributed by atoms with Gasteiger partial charge in [-0.1, -0.05) is 18.7 Å². The average Bonchev–Trinajstić information content (AvgIpc) is 2.67. The summed E-state index contributed by atoms with van der Waals surface area (Å²) in [6, 6.07) is 4.51. The van der Waals surface area contributed by atoms with Gasteiger partial charge in [0.15, 0.2) is 9.84 Å². The molecule has 0 aliphatic heterocycles.